The summed E-state index contributed by atoms with van der Waals surface area (Å²) >= 11 is 1.66. The maximum Gasteiger partial charge on any atom is 0.416 e. The van der Waals surface area contributed by atoms with Crippen molar-refractivity contribution in [1.82, 2.24) is 10.2 Å². The van der Waals surface area contributed by atoms with Crippen LogP contribution in [-0.2, 0) is 17.4 Å². The van der Waals surface area contributed by atoms with Crippen LogP contribution in [0.25, 0.3) is 0 Å². The van der Waals surface area contributed by atoms with Crippen LogP contribution in [0.4, 0.5) is 13.2 Å². The average molecular weight is 382 g/mol. The van der Waals surface area contributed by atoms with E-state index in [0.717, 1.165) is 38.1 Å². The zero-order chi connectivity index (χ0) is 18.6. The lowest BCUT2D eigenvalue weighted by molar-refractivity contribution is -0.137. The minimum atomic E-state index is -4.40. The molecule has 140 valence electrons. The fourth-order valence-electron chi connectivity index (χ4n) is 3.26. The van der Waals surface area contributed by atoms with Crippen LogP contribution in [0.5, 0.6) is 0 Å². The molecule has 7 heteroatoms. The summed E-state index contributed by atoms with van der Waals surface area (Å²) in [5.74, 6) is -0.259. The van der Waals surface area contributed by atoms with Crippen molar-refractivity contribution in [2.24, 2.45) is 0 Å². The molecule has 2 aromatic rings. The number of hydrogen-bond donors (Lipinski definition) is 1. The summed E-state index contributed by atoms with van der Waals surface area (Å²) in [6.45, 7) is 2.48. The third-order valence-electron chi connectivity index (χ3n) is 4.56. The highest BCUT2D eigenvalue weighted by Gasteiger charge is 2.30. The Kier molecular flexibility index (Phi) is 5.98. The molecule has 1 saturated heterocycles. The molecule has 0 aliphatic carbocycles. The van der Waals surface area contributed by atoms with Gasteiger partial charge in [-0.1, -0.05) is 24.3 Å². The molecule has 1 atom stereocenters. The molecule has 1 aromatic carbocycles. The molecule has 1 aliphatic rings. The number of thiophene rings is 1. The Bertz CT molecular complexity index is 725. The fraction of sp³-hybridized carbons (Fsp3) is 0.421. The molecule has 0 spiro atoms. The molecule has 1 unspecified atom stereocenters. The van der Waals surface area contributed by atoms with Gasteiger partial charge in [-0.25, -0.2) is 0 Å². The first kappa shape index (κ1) is 18.9. The SMILES string of the molecule is O=C(Cc1cccc(C(F)(F)F)c1)NCC(c1cccs1)N1CCCC1. The smallest absolute Gasteiger partial charge is 0.354 e. The van der Waals surface area contributed by atoms with E-state index in [1.54, 1.807) is 17.4 Å². The van der Waals surface area contributed by atoms with E-state index in [4.69, 9.17) is 0 Å². The normalized spacial score (nSPS) is 16.6. The average Bonchev–Trinajstić information content (AvgIpc) is 3.28. The molecule has 0 radical (unpaired) electrons. The molecular weight excluding hydrogens is 361 g/mol. The summed E-state index contributed by atoms with van der Waals surface area (Å²) in [5.41, 5.74) is -0.359. The van der Waals surface area contributed by atoms with Crippen molar-refractivity contribution in [2.75, 3.05) is 19.6 Å². The molecular formula is C19H21F3N2OS. The fourth-order valence-corrected chi connectivity index (χ4v) is 4.12. The number of nitrogens with one attached hydrogen (secondary N) is 1. The molecule has 1 amide bonds. The molecule has 0 saturated carbocycles. The number of hydrogen-bond acceptors (Lipinski definition) is 3. The predicted octanol–water partition coefficient (Wildman–Crippen LogP) is 4.26. The minimum Gasteiger partial charge on any atom is -0.354 e. The quantitative estimate of drug-likeness (QED) is 0.810. The number of halogens is 3. The van der Waals surface area contributed by atoms with Gasteiger partial charge in [0.1, 0.15) is 0 Å². The number of alkyl halides is 3. The van der Waals surface area contributed by atoms with E-state index in [0.29, 0.717) is 12.1 Å². The summed E-state index contributed by atoms with van der Waals surface area (Å²) in [5, 5.41) is 4.92. The Hall–Kier alpha value is -1.86. The van der Waals surface area contributed by atoms with Gasteiger partial charge in [0.25, 0.3) is 0 Å². The second kappa shape index (κ2) is 8.22. The van der Waals surface area contributed by atoms with E-state index >= 15 is 0 Å². The minimum absolute atomic E-state index is 0.0545. The number of carbonyl (C=O) groups excluding carboxylic acids is 1. The number of carbonyl (C=O) groups is 1. The number of benzene rings is 1. The number of likely N-dealkylation sites (tertiary alicyclic amines) is 1. The van der Waals surface area contributed by atoms with Gasteiger partial charge in [-0.15, -0.1) is 11.3 Å². The molecule has 1 fully saturated rings. The monoisotopic (exact) mass is 382 g/mol. The van der Waals surface area contributed by atoms with Crippen LogP contribution in [0.1, 0.15) is 34.9 Å². The lowest BCUT2D eigenvalue weighted by atomic mass is 10.1. The van der Waals surface area contributed by atoms with Gasteiger partial charge in [0.05, 0.1) is 18.0 Å². The molecule has 0 bridgehead atoms. The van der Waals surface area contributed by atoms with Gasteiger partial charge in [0.15, 0.2) is 0 Å². The molecule has 1 N–H and O–H groups in total. The van der Waals surface area contributed by atoms with Crippen LogP contribution in [0, 0.1) is 0 Å². The Morgan fingerprint density at radius 1 is 1.19 bits per heavy atom. The van der Waals surface area contributed by atoms with Crippen LogP contribution in [-0.4, -0.2) is 30.4 Å². The third-order valence-corrected chi connectivity index (χ3v) is 5.54. The van der Waals surface area contributed by atoms with Crippen molar-refractivity contribution < 1.29 is 18.0 Å². The first-order chi connectivity index (χ1) is 12.4. The molecule has 1 aromatic heterocycles. The maximum absolute atomic E-state index is 12.8. The molecule has 3 rings (SSSR count). The summed E-state index contributed by atoms with van der Waals surface area (Å²) in [7, 11) is 0. The summed E-state index contributed by atoms with van der Waals surface area (Å²) in [6.07, 6.45) is -2.15. The standard InChI is InChI=1S/C19H21F3N2OS/c20-19(21,22)15-6-3-5-14(11-15)12-18(25)23-13-16(17-7-4-10-26-17)24-8-1-2-9-24/h3-7,10-11,16H,1-2,8-9,12-13H2,(H,23,25). The number of nitrogens with zero attached hydrogens (tertiary/aromatic N) is 1. The summed E-state index contributed by atoms with van der Waals surface area (Å²) in [6, 6.07) is 9.12. The van der Waals surface area contributed by atoms with Crippen molar-refractivity contribution >= 4 is 17.2 Å². The van der Waals surface area contributed by atoms with Crippen LogP contribution < -0.4 is 5.32 Å². The third kappa shape index (κ3) is 4.86. The van der Waals surface area contributed by atoms with E-state index in [1.165, 1.54) is 10.9 Å². The van der Waals surface area contributed by atoms with Crippen molar-refractivity contribution in [2.45, 2.75) is 31.5 Å². The van der Waals surface area contributed by atoms with Crippen LogP contribution in [0.3, 0.4) is 0 Å². The number of rotatable bonds is 6. The summed E-state index contributed by atoms with van der Waals surface area (Å²) < 4.78 is 38.4. The number of amides is 1. The molecule has 2 heterocycles. The van der Waals surface area contributed by atoms with Crippen LogP contribution >= 0.6 is 11.3 Å². The second-order valence-corrected chi connectivity index (χ2v) is 7.43. The van der Waals surface area contributed by atoms with Gasteiger partial charge >= 0.3 is 6.18 Å². The Labute approximate surface area is 154 Å². The van der Waals surface area contributed by atoms with E-state index < -0.39 is 11.7 Å². The van der Waals surface area contributed by atoms with Crippen molar-refractivity contribution in [1.29, 1.82) is 0 Å². The Morgan fingerprint density at radius 2 is 1.96 bits per heavy atom. The van der Waals surface area contributed by atoms with E-state index in [-0.39, 0.29) is 18.4 Å². The molecule has 26 heavy (non-hydrogen) atoms. The van der Waals surface area contributed by atoms with Gasteiger partial charge in [-0.3, -0.25) is 9.69 Å². The van der Waals surface area contributed by atoms with Crippen molar-refractivity contribution in [3.8, 4) is 0 Å². The topological polar surface area (TPSA) is 32.3 Å². The van der Waals surface area contributed by atoms with Gasteiger partial charge in [0.2, 0.25) is 5.91 Å². The first-order valence-corrected chi connectivity index (χ1v) is 9.52. The highest BCUT2D eigenvalue weighted by molar-refractivity contribution is 7.10. The molecule has 1 aliphatic heterocycles. The summed E-state index contributed by atoms with van der Waals surface area (Å²) in [4.78, 5) is 15.8. The lowest BCUT2D eigenvalue weighted by Crippen LogP contribution is -2.37. The Morgan fingerprint density at radius 3 is 2.62 bits per heavy atom. The molecule has 3 nitrogen and oxygen atoms in total. The van der Waals surface area contributed by atoms with Crippen LogP contribution in [0.15, 0.2) is 41.8 Å². The van der Waals surface area contributed by atoms with Gasteiger partial charge in [-0.05, 0) is 49.0 Å². The second-order valence-electron chi connectivity index (χ2n) is 6.45. The first-order valence-electron chi connectivity index (χ1n) is 8.64. The maximum atomic E-state index is 12.8. The largest absolute Gasteiger partial charge is 0.416 e. The lowest BCUT2D eigenvalue weighted by Gasteiger charge is -2.27. The van der Waals surface area contributed by atoms with E-state index in [1.807, 2.05) is 11.4 Å². The highest BCUT2D eigenvalue weighted by Crippen LogP contribution is 2.30. The van der Waals surface area contributed by atoms with E-state index in [2.05, 4.69) is 16.3 Å². The van der Waals surface area contributed by atoms with Gasteiger partial charge < -0.3 is 5.32 Å². The van der Waals surface area contributed by atoms with Crippen molar-refractivity contribution in [3.63, 3.8) is 0 Å². The van der Waals surface area contributed by atoms with Crippen LogP contribution in [0.2, 0.25) is 0 Å². The van der Waals surface area contributed by atoms with E-state index in [9.17, 15) is 18.0 Å². The Balaban J connectivity index is 1.60. The zero-order valence-corrected chi connectivity index (χ0v) is 15.1. The highest BCUT2D eigenvalue weighted by atomic mass is 32.1. The zero-order valence-electron chi connectivity index (χ0n) is 14.3. The van der Waals surface area contributed by atoms with Gasteiger partial charge in [0, 0.05) is 11.4 Å². The predicted molar refractivity (Wildman–Crippen MR) is 96.0 cm³/mol. The van der Waals surface area contributed by atoms with Gasteiger partial charge in [-0.2, -0.15) is 13.2 Å². The van der Waals surface area contributed by atoms with Crippen molar-refractivity contribution in [3.05, 3.63) is 57.8 Å².